The number of amides is 2. The Morgan fingerprint density at radius 1 is 0.750 bits per heavy atom. The van der Waals surface area contributed by atoms with Gasteiger partial charge in [-0.25, -0.2) is 0 Å². The molecule has 0 aromatic heterocycles. The third-order valence-electron chi connectivity index (χ3n) is 5.81. The van der Waals surface area contributed by atoms with Crippen LogP contribution in [0, 0.1) is 13.8 Å². The second kappa shape index (κ2) is 11.6. The standard InChI is InChI=1S/C30H28N2O3S/c1-20-12-15-25(18-21(20)2)32-30(34)28(22-8-5-4-6-9-22)36-27-11-7-10-24(19-27)31-29(33)23-13-16-26(35-3)17-14-23/h4-19,28H,1-3H3,(H,31,33)(H,32,34). The summed E-state index contributed by atoms with van der Waals surface area (Å²) in [5.41, 5.74) is 5.15. The van der Waals surface area contributed by atoms with E-state index >= 15 is 0 Å². The smallest absolute Gasteiger partial charge is 0.255 e. The van der Waals surface area contributed by atoms with E-state index in [0.29, 0.717) is 17.0 Å². The summed E-state index contributed by atoms with van der Waals surface area (Å²) in [6, 6.07) is 30.1. The van der Waals surface area contributed by atoms with E-state index in [2.05, 4.69) is 10.6 Å². The molecule has 2 amide bonds. The number of rotatable bonds is 8. The van der Waals surface area contributed by atoms with Crippen molar-refractivity contribution in [3.8, 4) is 5.75 Å². The number of aryl methyl sites for hydroxylation is 2. The summed E-state index contributed by atoms with van der Waals surface area (Å²) < 4.78 is 5.16. The highest BCUT2D eigenvalue weighted by molar-refractivity contribution is 8.00. The monoisotopic (exact) mass is 496 g/mol. The molecule has 2 N–H and O–H groups in total. The third kappa shape index (κ3) is 6.34. The lowest BCUT2D eigenvalue weighted by atomic mass is 10.1. The molecule has 0 bridgehead atoms. The van der Waals surface area contributed by atoms with Gasteiger partial charge in [0.1, 0.15) is 11.0 Å². The lowest BCUT2D eigenvalue weighted by Crippen LogP contribution is -2.19. The molecule has 0 aliphatic carbocycles. The molecule has 6 heteroatoms. The minimum absolute atomic E-state index is 0.109. The number of benzene rings is 4. The van der Waals surface area contributed by atoms with Gasteiger partial charge >= 0.3 is 0 Å². The molecule has 0 saturated carbocycles. The predicted octanol–water partition coefficient (Wildman–Crippen LogP) is 7.04. The Labute approximate surface area is 215 Å². The molecular formula is C30H28N2O3S. The molecule has 0 radical (unpaired) electrons. The quantitative estimate of drug-likeness (QED) is 0.257. The van der Waals surface area contributed by atoms with Crippen molar-refractivity contribution in [2.45, 2.75) is 24.0 Å². The Morgan fingerprint density at radius 3 is 2.17 bits per heavy atom. The first-order chi connectivity index (χ1) is 17.4. The molecule has 182 valence electrons. The zero-order chi connectivity index (χ0) is 25.5. The molecule has 4 rings (SSSR count). The highest BCUT2D eigenvalue weighted by Crippen LogP contribution is 2.37. The number of methoxy groups -OCH3 is 1. The molecule has 0 spiro atoms. The van der Waals surface area contributed by atoms with Gasteiger partial charge in [0.05, 0.1) is 7.11 Å². The van der Waals surface area contributed by atoms with Crippen LogP contribution in [-0.4, -0.2) is 18.9 Å². The van der Waals surface area contributed by atoms with E-state index in [1.807, 2.05) is 86.6 Å². The minimum Gasteiger partial charge on any atom is -0.497 e. The van der Waals surface area contributed by atoms with Crippen LogP contribution in [0.25, 0.3) is 0 Å². The zero-order valence-corrected chi connectivity index (χ0v) is 21.3. The molecule has 1 unspecified atom stereocenters. The van der Waals surface area contributed by atoms with Crippen LogP contribution in [0.2, 0.25) is 0 Å². The highest BCUT2D eigenvalue weighted by atomic mass is 32.2. The van der Waals surface area contributed by atoms with Crippen LogP contribution in [0.1, 0.15) is 32.3 Å². The van der Waals surface area contributed by atoms with Crippen LogP contribution in [0.15, 0.2) is 102 Å². The Morgan fingerprint density at radius 2 is 1.47 bits per heavy atom. The maximum atomic E-state index is 13.4. The lowest BCUT2D eigenvalue weighted by Gasteiger charge is -2.18. The van der Waals surface area contributed by atoms with Crippen molar-refractivity contribution in [1.29, 1.82) is 0 Å². The normalized spacial score (nSPS) is 11.4. The molecule has 0 fully saturated rings. The van der Waals surface area contributed by atoms with Gasteiger partial charge < -0.3 is 15.4 Å². The molecule has 36 heavy (non-hydrogen) atoms. The van der Waals surface area contributed by atoms with E-state index in [4.69, 9.17) is 4.74 Å². The van der Waals surface area contributed by atoms with Crippen molar-refractivity contribution >= 4 is 35.0 Å². The number of ether oxygens (including phenoxy) is 1. The Balaban J connectivity index is 1.53. The summed E-state index contributed by atoms with van der Waals surface area (Å²) in [5, 5.41) is 5.53. The number of hydrogen-bond donors (Lipinski definition) is 2. The second-order valence-electron chi connectivity index (χ2n) is 8.41. The SMILES string of the molecule is COc1ccc(C(=O)Nc2cccc(SC(C(=O)Nc3ccc(C)c(C)c3)c3ccccc3)c2)cc1. The van der Waals surface area contributed by atoms with E-state index in [1.165, 1.54) is 17.3 Å². The van der Waals surface area contributed by atoms with E-state index in [1.54, 1.807) is 31.4 Å². The van der Waals surface area contributed by atoms with Crippen molar-refractivity contribution in [1.82, 2.24) is 0 Å². The van der Waals surface area contributed by atoms with Crippen molar-refractivity contribution in [2.24, 2.45) is 0 Å². The molecular weight excluding hydrogens is 468 g/mol. The molecule has 4 aromatic rings. The molecule has 0 saturated heterocycles. The first kappa shape index (κ1) is 25.1. The molecule has 4 aromatic carbocycles. The summed E-state index contributed by atoms with van der Waals surface area (Å²) in [6.07, 6.45) is 0. The summed E-state index contributed by atoms with van der Waals surface area (Å²) in [5.74, 6) is 0.366. The van der Waals surface area contributed by atoms with E-state index in [-0.39, 0.29) is 11.8 Å². The van der Waals surface area contributed by atoms with Crippen LogP contribution in [0.3, 0.4) is 0 Å². The molecule has 1 atom stereocenters. The van der Waals surface area contributed by atoms with Gasteiger partial charge in [-0.3, -0.25) is 9.59 Å². The van der Waals surface area contributed by atoms with Crippen molar-refractivity contribution in [2.75, 3.05) is 17.7 Å². The highest BCUT2D eigenvalue weighted by Gasteiger charge is 2.22. The van der Waals surface area contributed by atoms with E-state index < -0.39 is 5.25 Å². The van der Waals surface area contributed by atoms with Crippen LogP contribution < -0.4 is 15.4 Å². The second-order valence-corrected chi connectivity index (χ2v) is 9.59. The average Bonchev–Trinajstić information content (AvgIpc) is 2.90. The van der Waals surface area contributed by atoms with Crippen LogP contribution in [-0.2, 0) is 4.79 Å². The first-order valence-corrected chi connectivity index (χ1v) is 12.5. The summed E-state index contributed by atoms with van der Waals surface area (Å²) >= 11 is 1.44. The minimum atomic E-state index is -0.472. The fourth-order valence-electron chi connectivity index (χ4n) is 3.66. The zero-order valence-electron chi connectivity index (χ0n) is 20.4. The topological polar surface area (TPSA) is 67.4 Å². The van der Waals surface area contributed by atoms with Gasteiger partial charge in [0, 0.05) is 21.8 Å². The van der Waals surface area contributed by atoms with Crippen LogP contribution in [0.4, 0.5) is 11.4 Å². The number of nitrogens with one attached hydrogen (secondary N) is 2. The predicted molar refractivity (Wildman–Crippen MR) is 147 cm³/mol. The van der Waals surface area contributed by atoms with Gasteiger partial charge in [-0.2, -0.15) is 0 Å². The average molecular weight is 497 g/mol. The van der Waals surface area contributed by atoms with Gasteiger partial charge in [-0.1, -0.05) is 42.5 Å². The summed E-state index contributed by atoms with van der Waals surface area (Å²) in [7, 11) is 1.59. The van der Waals surface area contributed by atoms with E-state index in [9.17, 15) is 9.59 Å². The fourth-order valence-corrected chi connectivity index (χ4v) is 4.74. The Bertz CT molecular complexity index is 1350. The summed E-state index contributed by atoms with van der Waals surface area (Å²) in [4.78, 5) is 27.0. The molecule has 0 aliphatic rings. The number of carbonyl (C=O) groups is 2. The van der Waals surface area contributed by atoms with Crippen molar-refractivity contribution in [3.05, 3.63) is 119 Å². The number of anilines is 2. The van der Waals surface area contributed by atoms with Crippen LogP contribution >= 0.6 is 11.8 Å². The summed E-state index contributed by atoms with van der Waals surface area (Å²) in [6.45, 7) is 4.07. The maximum Gasteiger partial charge on any atom is 0.255 e. The van der Waals surface area contributed by atoms with Crippen molar-refractivity contribution < 1.29 is 14.3 Å². The number of carbonyl (C=O) groups excluding carboxylic acids is 2. The number of thioether (sulfide) groups is 1. The Hall–Kier alpha value is -4.03. The first-order valence-electron chi connectivity index (χ1n) is 11.6. The van der Waals surface area contributed by atoms with Gasteiger partial charge in [0.25, 0.3) is 5.91 Å². The number of hydrogen-bond acceptors (Lipinski definition) is 4. The van der Waals surface area contributed by atoms with Crippen LogP contribution in [0.5, 0.6) is 5.75 Å². The molecule has 5 nitrogen and oxygen atoms in total. The van der Waals surface area contributed by atoms with E-state index in [0.717, 1.165) is 21.7 Å². The third-order valence-corrected chi connectivity index (χ3v) is 7.06. The molecule has 0 aliphatic heterocycles. The van der Waals surface area contributed by atoms with Gasteiger partial charge in [-0.05, 0) is 85.1 Å². The van der Waals surface area contributed by atoms with Crippen molar-refractivity contribution in [3.63, 3.8) is 0 Å². The van der Waals surface area contributed by atoms with Gasteiger partial charge in [0.2, 0.25) is 5.91 Å². The largest absolute Gasteiger partial charge is 0.497 e. The fraction of sp³-hybridized carbons (Fsp3) is 0.133. The van der Waals surface area contributed by atoms with Gasteiger partial charge in [-0.15, -0.1) is 11.8 Å². The lowest BCUT2D eigenvalue weighted by molar-refractivity contribution is -0.115. The maximum absolute atomic E-state index is 13.4. The Kier molecular flexibility index (Phi) is 8.08. The van der Waals surface area contributed by atoms with Gasteiger partial charge in [0.15, 0.2) is 0 Å². The molecule has 0 heterocycles.